The molecule has 2 aliphatic carbocycles. The Hall–Kier alpha value is -1.35. The van der Waals surface area contributed by atoms with Crippen molar-refractivity contribution in [3.05, 3.63) is 34.9 Å². The summed E-state index contributed by atoms with van der Waals surface area (Å²) in [7, 11) is 1.88. The van der Waals surface area contributed by atoms with Crippen molar-refractivity contribution in [1.29, 1.82) is 0 Å². The summed E-state index contributed by atoms with van der Waals surface area (Å²) in [4.78, 5) is 14.1. The van der Waals surface area contributed by atoms with Crippen molar-refractivity contribution in [1.82, 2.24) is 4.90 Å². The summed E-state index contributed by atoms with van der Waals surface area (Å²) in [5.41, 5.74) is 4.05. The molecular weight excluding hydrogens is 262 g/mol. The molecule has 1 aromatic carbocycles. The fourth-order valence-corrected chi connectivity index (χ4v) is 3.55. The first-order valence-corrected chi connectivity index (χ1v) is 8.14. The largest absolute Gasteiger partial charge is 0.393 e. The van der Waals surface area contributed by atoms with Gasteiger partial charge < -0.3 is 10.0 Å². The predicted molar refractivity (Wildman–Crippen MR) is 83.2 cm³/mol. The summed E-state index contributed by atoms with van der Waals surface area (Å²) >= 11 is 0. The minimum atomic E-state index is -0.140. The summed E-state index contributed by atoms with van der Waals surface area (Å²) < 4.78 is 0. The first-order valence-electron chi connectivity index (χ1n) is 8.14. The van der Waals surface area contributed by atoms with Crippen molar-refractivity contribution in [3.63, 3.8) is 0 Å². The van der Waals surface area contributed by atoms with E-state index in [9.17, 15) is 9.90 Å². The Bertz CT molecular complexity index is 520. The fraction of sp³-hybridized carbons (Fsp3) is 0.611. The van der Waals surface area contributed by atoms with Gasteiger partial charge in [-0.1, -0.05) is 18.2 Å². The van der Waals surface area contributed by atoms with Crippen LogP contribution in [0.3, 0.4) is 0 Å². The van der Waals surface area contributed by atoms with Gasteiger partial charge in [-0.2, -0.15) is 0 Å². The van der Waals surface area contributed by atoms with Gasteiger partial charge in [0, 0.05) is 13.6 Å². The van der Waals surface area contributed by atoms with Gasteiger partial charge in [0.05, 0.1) is 12.5 Å². The molecule has 1 saturated carbocycles. The number of nitrogens with zero attached hydrogens (tertiary/aromatic N) is 1. The Balaban J connectivity index is 1.56. The molecule has 0 radical (unpaired) electrons. The van der Waals surface area contributed by atoms with Crippen molar-refractivity contribution < 1.29 is 9.90 Å². The number of benzene rings is 1. The Morgan fingerprint density at radius 1 is 1.24 bits per heavy atom. The molecule has 0 unspecified atom stereocenters. The molecule has 0 heterocycles. The molecule has 114 valence electrons. The average molecular weight is 287 g/mol. The SMILES string of the molecule is CN(CC1CC(O)C1)C(=O)Cc1ccc2c(c1)CCCC2. The van der Waals surface area contributed by atoms with Crippen LogP contribution in [0.2, 0.25) is 0 Å². The molecular formula is C18H25NO2. The second-order valence-electron chi connectivity index (χ2n) is 6.75. The van der Waals surface area contributed by atoms with Crippen molar-refractivity contribution >= 4 is 5.91 Å². The lowest BCUT2D eigenvalue weighted by Gasteiger charge is -2.34. The Labute approximate surface area is 127 Å². The molecule has 0 spiro atoms. The van der Waals surface area contributed by atoms with Crippen LogP contribution in [0.25, 0.3) is 0 Å². The summed E-state index contributed by atoms with van der Waals surface area (Å²) in [6.07, 6.45) is 6.96. The van der Waals surface area contributed by atoms with Gasteiger partial charge in [0.2, 0.25) is 5.91 Å². The van der Waals surface area contributed by atoms with Crippen LogP contribution in [0.5, 0.6) is 0 Å². The molecule has 3 rings (SSSR count). The molecule has 1 aromatic rings. The number of aryl methyl sites for hydroxylation is 2. The van der Waals surface area contributed by atoms with Crippen molar-refractivity contribution in [2.75, 3.05) is 13.6 Å². The van der Waals surface area contributed by atoms with E-state index in [-0.39, 0.29) is 12.0 Å². The maximum atomic E-state index is 12.3. The van der Waals surface area contributed by atoms with Crippen molar-refractivity contribution in [2.24, 2.45) is 5.92 Å². The molecule has 1 fully saturated rings. The average Bonchev–Trinajstić information content (AvgIpc) is 2.45. The van der Waals surface area contributed by atoms with Crippen LogP contribution >= 0.6 is 0 Å². The van der Waals surface area contributed by atoms with Crippen molar-refractivity contribution in [3.8, 4) is 0 Å². The number of aliphatic hydroxyl groups is 1. The van der Waals surface area contributed by atoms with Crippen LogP contribution in [0.4, 0.5) is 0 Å². The van der Waals surface area contributed by atoms with Crippen LogP contribution < -0.4 is 0 Å². The zero-order chi connectivity index (χ0) is 14.8. The van der Waals surface area contributed by atoms with Gasteiger partial charge in [-0.3, -0.25) is 4.79 Å². The molecule has 0 aromatic heterocycles. The normalized spacial score (nSPS) is 24.1. The Kier molecular flexibility index (Phi) is 4.29. The fourth-order valence-electron chi connectivity index (χ4n) is 3.55. The number of carbonyl (C=O) groups excluding carboxylic acids is 1. The van der Waals surface area contributed by atoms with Gasteiger partial charge in [0.15, 0.2) is 0 Å². The lowest BCUT2D eigenvalue weighted by molar-refractivity contribution is -0.130. The van der Waals surface area contributed by atoms with E-state index in [2.05, 4.69) is 18.2 Å². The second-order valence-corrected chi connectivity index (χ2v) is 6.75. The summed E-state index contributed by atoms with van der Waals surface area (Å²) in [6, 6.07) is 6.55. The van der Waals surface area contributed by atoms with E-state index in [1.165, 1.54) is 30.4 Å². The van der Waals surface area contributed by atoms with E-state index >= 15 is 0 Å². The molecule has 0 saturated heterocycles. The number of fused-ring (bicyclic) bond motifs is 1. The minimum Gasteiger partial charge on any atom is -0.393 e. The van der Waals surface area contributed by atoms with E-state index in [0.717, 1.165) is 31.4 Å². The molecule has 1 amide bonds. The molecule has 1 N–H and O–H groups in total. The molecule has 3 heteroatoms. The zero-order valence-corrected chi connectivity index (χ0v) is 12.8. The third kappa shape index (κ3) is 3.46. The van der Waals surface area contributed by atoms with Gasteiger partial charge in [0.1, 0.15) is 0 Å². The van der Waals surface area contributed by atoms with E-state index in [1.54, 1.807) is 0 Å². The number of likely N-dealkylation sites (N-methyl/N-ethyl adjacent to an activating group) is 1. The number of aliphatic hydroxyl groups excluding tert-OH is 1. The number of amides is 1. The van der Waals surface area contributed by atoms with Gasteiger partial charge in [-0.25, -0.2) is 0 Å². The predicted octanol–water partition coefficient (Wildman–Crippen LogP) is 2.34. The monoisotopic (exact) mass is 287 g/mol. The maximum absolute atomic E-state index is 12.3. The molecule has 3 nitrogen and oxygen atoms in total. The lowest BCUT2D eigenvalue weighted by Crippen LogP contribution is -2.40. The van der Waals surface area contributed by atoms with Crippen LogP contribution in [0, 0.1) is 5.92 Å². The highest BCUT2D eigenvalue weighted by Crippen LogP contribution is 2.28. The number of rotatable bonds is 4. The third-order valence-electron chi connectivity index (χ3n) is 4.94. The molecule has 0 bridgehead atoms. The zero-order valence-electron chi connectivity index (χ0n) is 12.8. The first kappa shape index (κ1) is 14.6. The van der Waals surface area contributed by atoms with E-state index in [1.807, 2.05) is 11.9 Å². The number of carbonyl (C=O) groups is 1. The third-order valence-corrected chi connectivity index (χ3v) is 4.94. The summed E-state index contributed by atoms with van der Waals surface area (Å²) in [5, 5.41) is 9.31. The first-order chi connectivity index (χ1) is 10.1. The smallest absolute Gasteiger partial charge is 0.226 e. The highest BCUT2D eigenvalue weighted by Gasteiger charge is 2.29. The van der Waals surface area contributed by atoms with Gasteiger partial charge in [0.25, 0.3) is 0 Å². The topological polar surface area (TPSA) is 40.5 Å². The van der Waals surface area contributed by atoms with Crippen LogP contribution in [-0.4, -0.2) is 35.6 Å². The molecule has 0 aliphatic heterocycles. The van der Waals surface area contributed by atoms with Crippen LogP contribution in [0.1, 0.15) is 42.4 Å². The highest BCUT2D eigenvalue weighted by atomic mass is 16.3. The highest BCUT2D eigenvalue weighted by molar-refractivity contribution is 5.78. The summed E-state index contributed by atoms with van der Waals surface area (Å²) in [6.45, 7) is 0.779. The lowest BCUT2D eigenvalue weighted by atomic mass is 9.82. The van der Waals surface area contributed by atoms with Crippen LogP contribution in [0.15, 0.2) is 18.2 Å². The van der Waals surface area contributed by atoms with Gasteiger partial charge in [-0.05, 0) is 61.1 Å². The molecule has 0 atom stereocenters. The maximum Gasteiger partial charge on any atom is 0.226 e. The van der Waals surface area contributed by atoms with Crippen molar-refractivity contribution in [2.45, 2.75) is 51.0 Å². The second kappa shape index (κ2) is 6.18. The number of hydrogen-bond acceptors (Lipinski definition) is 2. The van der Waals surface area contributed by atoms with E-state index in [0.29, 0.717) is 12.3 Å². The van der Waals surface area contributed by atoms with Gasteiger partial charge in [-0.15, -0.1) is 0 Å². The Morgan fingerprint density at radius 2 is 1.95 bits per heavy atom. The number of hydrogen-bond donors (Lipinski definition) is 1. The van der Waals surface area contributed by atoms with Crippen LogP contribution in [-0.2, 0) is 24.1 Å². The molecule has 2 aliphatic rings. The van der Waals surface area contributed by atoms with E-state index in [4.69, 9.17) is 0 Å². The summed E-state index contributed by atoms with van der Waals surface area (Å²) in [5.74, 6) is 0.671. The van der Waals surface area contributed by atoms with E-state index < -0.39 is 0 Å². The Morgan fingerprint density at radius 3 is 2.67 bits per heavy atom. The standard InChI is InChI=1S/C18H25NO2/c1-19(12-14-9-17(20)10-14)18(21)11-13-6-7-15-4-2-3-5-16(15)8-13/h6-8,14,17,20H,2-5,9-12H2,1H3. The quantitative estimate of drug-likeness (QED) is 0.923. The molecule has 21 heavy (non-hydrogen) atoms. The van der Waals surface area contributed by atoms with Gasteiger partial charge >= 0.3 is 0 Å². The minimum absolute atomic E-state index is 0.140.